The first-order chi connectivity index (χ1) is 24.7. The molecule has 1 heterocycles. The monoisotopic (exact) mass is 755 g/mol. The zero-order valence-corrected chi connectivity index (χ0v) is 30.2. The van der Waals surface area contributed by atoms with Crippen LogP contribution in [0, 0.1) is 5.41 Å². The number of hydrogen-bond acceptors (Lipinski definition) is 11. The summed E-state index contributed by atoms with van der Waals surface area (Å²) < 4.78 is 72.3. The van der Waals surface area contributed by atoms with E-state index in [1.807, 2.05) is 0 Å². The second-order valence-corrected chi connectivity index (χ2v) is 16.3. The fourth-order valence-electron chi connectivity index (χ4n) is 6.93. The Bertz CT molecular complexity index is 2200. The number of benzene rings is 3. The lowest BCUT2D eigenvalue weighted by molar-refractivity contribution is -0.305. The minimum Gasteiger partial charge on any atom is -0.550 e. The molecule has 280 valence electrons. The van der Waals surface area contributed by atoms with Crippen LogP contribution in [0.25, 0.3) is 33.4 Å². The number of nitrogens with zero attached hydrogens (tertiary/aromatic N) is 1. The van der Waals surface area contributed by atoms with Crippen molar-refractivity contribution in [3.05, 3.63) is 59.5 Å². The maximum absolute atomic E-state index is 14.7. The third-order valence-corrected chi connectivity index (χ3v) is 12.3. The molecular weight excluding hydrogens is 713 g/mol. The van der Waals surface area contributed by atoms with Gasteiger partial charge in [-0.25, -0.2) is 13.2 Å². The zero-order valence-electron chi connectivity index (χ0n) is 28.6. The van der Waals surface area contributed by atoms with Crippen molar-refractivity contribution in [2.75, 3.05) is 25.4 Å². The van der Waals surface area contributed by atoms with E-state index in [1.54, 1.807) is 6.07 Å². The topological polar surface area (TPSA) is 244 Å². The average molecular weight is 756 g/mol. The maximum Gasteiger partial charge on any atom is 0.336 e. The Morgan fingerprint density at radius 3 is 2.23 bits per heavy atom. The van der Waals surface area contributed by atoms with E-state index in [-0.39, 0.29) is 53.6 Å². The number of nitrogens with one attached hydrogen (secondary N) is 2. The molecular formula is C36H43N4O10S2-. The van der Waals surface area contributed by atoms with Crippen LogP contribution in [0.5, 0.6) is 0 Å². The van der Waals surface area contributed by atoms with E-state index >= 15 is 0 Å². The highest BCUT2D eigenvalue weighted by molar-refractivity contribution is 7.89. The highest BCUT2D eigenvalue weighted by Crippen LogP contribution is 2.46. The molecule has 14 nitrogen and oxygen atoms in total. The summed E-state index contributed by atoms with van der Waals surface area (Å²) >= 11 is 0. The Kier molecular flexibility index (Phi) is 12.4. The Morgan fingerprint density at radius 2 is 1.58 bits per heavy atom. The molecule has 0 radical (unpaired) electrons. The highest BCUT2D eigenvalue weighted by Gasteiger charge is 2.35. The van der Waals surface area contributed by atoms with E-state index in [1.165, 1.54) is 59.6 Å². The second kappa shape index (κ2) is 16.5. The predicted molar refractivity (Wildman–Crippen MR) is 192 cm³/mol. The molecule has 1 aliphatic heterocycles. The van der Waals surface area contributed by atoms with Gasteiger partial charge < -0.3 is 30.5 Å². The van der Waals surface area contributed by atoms with Gasteiger partial charge in [0.2, 0.25) is 10.0 Å². The summed E-state index contributed by atoms with van der Waals surface area (Å²) in [6.07, 6.45) is 7.55. The van der Waals surface area contributed by atoms with Crippen molar-refractivity contribution in [1.82, 2.24) is 9.62 Å². The third-order valence-electron chi connectivity index (χ3n) is 9.44. The number of aromatic carboxylic acids is 1. The number of carbonyl (C=O) groups is 2. The molecule has 3 aliphatic rings. The Balaban J connectivity index is 1.63. The van der Waals surface area contributed by atoms with Gasteiger partial charge in [-0.1, -0.05) is 43.9 Å². The molecule has 5 rings (SSSR count). The summed E-state index contributed by atoms with van der Waals surface area (Å²) in [6.45, 7) is 0.872. The lowest BCUT2D eigenvalue weighted by Gasteiger charge is -2.25. The Hall–Kier alpha value is -4.35. The summed E-state index contributed by atoms with van der Waals surface area (Å²) in [7, 11) is -9.64. The van der Waals surface area contributed by atoms with E-state index in [0.29, 0.717) is 31.7 Å². The molecule has 0 aromatic heterocycles. The van der Waals surface area contributed by atoms with E-state index < -0.39 is 64.3 Å². The molecule has 6 N–H and O–H groups in total. The number of sulfonamides is 1. The zero-order chi connectivity index (χ0) is 37.6. The molecule has 0 spiro atoms. The summed E-state index contributed by atoms with van der Waals surface area (Å²) in [5.41, 5.74) is 5.18. The predicted octanol–water partition coefficient (Wildman–Crippen LogP) is 4.21. The van der Waals surface area contributed by atoms with E-state index in [2.05, 4.69) is 5.32 Å². The molecule has 16 heteroatoms. The standard InChI is InChI=1S/C36H44N4O10S2/c37-28-18-16-26-31(24-13-6-7-14-25(24)36(43)44)27-17-19-29(38)35(52(47,48)49)33(27)50-32(26)34(28)51(45,46)40(21-9-1-3-15-30(41)42)22-10-2-8-20-39-23-11-4-5-12-23/h6-7,13-14,16-19,23,37,39H,1-5,8-12,15,20-22,38H2,(H,41,42)(H,43,44)(H,47,48,49)/p-1. The molecule has 0 bridgehead atoms. The van der Waals surface area contributed by atoms with Gasteiger partial charge in [-0.05, 0) is 87.4 Å². The summed E-state index contributed by atoms with van der Waals surface area (Å²) in [5, 5.41) is 33.0. The van der Waals surface area contributed by atoms with Gasteiger partial charge in [-0.3, -0.25) is 9.96 Å². The van der Waals surface area contributed by atoms with Gasteiger partial charge >= 0.3 is 5.97 Å². The third kappa shape index (κ3) is 8.64. The number of anilines is 1. The van der Waals surface area contributed by atoms with Crippen molar-refractivity contribution in [2.45, 2.75) is 86.5 Å². The SMILES string of the molecule is N=c1ccc2c(-c3ccccc3C(=O)O)c3ccc(N)c(S(=O)(=O)O)c3oc-2c1S(=O)(=O)N(CCCCCNC1CCCC1)CCCCCC(=O)[O-]. The van der Waals surface area contributed by atoms with Crippen LogP contribution in [0.1, 0.15) is 81.0 Å². The Morgan fingerprint density at radius 1 is 0.904 bits per heavy atom. The first-order valence-electron chi connectivity index (χ1n) is 17.3. The van der Waals surface area contributed by atoms with Crippen molar-refractivity contribution in [2.24, 2.45) is 0 Å². The van der Waals surface area contributed by atoms with Gasteiger partial charge in [0.05, 0.1) is 16.6 Å². The first-order valence-corrected chi connectivity index (χ1v) is 20.2. The lowest BCUT2D eigenvalue weighted by atomic mass is 9.90. The van der Waals surface area contributed by atoms with Crippen LogP contribution in [0.2, 0.25) is 0 Å². The van der Waals surface area contributed by atoms with Gasteiger partial charge in [-0.2, -0.15) is 12.7 Å². The number of hydrogen-bond donors (Lipinski definition) is 5. The fraction of sp³-hybridized carbons (Fsp3) is 0.417. The van der Waals surface area contributed by atoms with Crippen molar-refractivity contribution < 1.29 is 45.6 Å². The summed E-state index contributed by atoms with van der Waals surface area (Å²) in [5.74, 6) is -2.94. The van der Waals surface area contributed by atoms with Crippen LogP contribution in [-0.4, -0.2) is 68.4 Å². The number of aliphatic carboxylic acids is 1. The normalized spacial score (nSPS) is 14.1. The minimum absolute atomic E-state index is 0.00294. The molecule has 2 aromatic carbocycles. The summed E-state index contributed by atoms with van der Waals surface area (Å²) in [4.78, 5) is 21.9. The molecule has 52 heavy (non-hydrogen) atoms. The van der Waals surface area contributed by atoms with Gasteiger partial charge in [0, 0.05) is 41.6 Å². The molecule has 2 aromatic rings. The number of carboxylic acid groups (broad SMARTS) is 2. The van der Waals surface area contributed by atoms with Gasteiger partial charge in [0.25, 0.3) is 10.1 Å². The maximum atomic E-state index is 14.7. The van der Waals surface area contributed by atoms with E-state index in [0.717, 1.165) is 25.8 Å². The fourth-order valence-corrected chi connectivity index (χ4v) is 9.41. The number of nitrogen functional groups attached to an aromatic ring is 1. The number of nitrogens with two attached hydrogens (primary N) is 1. The van der Waals surface area contributed by atoms with Crippen molar-refractivity contribution in [3.8, 4) is 22.5 Å². The number of carboxylic acids is 2. The minimum atomic E-state index is -5.07. The van der Waals surface area contributed by atoms with E-state index in [9.17, 15) is 41.2 Å². The molecule has 2 aliphatic carbocycles. The van der Waals surface area contributed by atoms with Crippen LogP contribution in [0.3, 0.4) is 0 Å². The molecule has 0 saturated heterocycles. The van der Waals surface area contributed by atoms with Crippen LogP contribution >= 0.6 is 0 Å². The molecule has 1 fully saturated rings. The number of carbonyl (C=O) groups excluding carboxylic acids is 1. The first kappa shape index (κ1) is 38.9. The highest BCUT2D eigenvalue weighted by atomic mass is 32.2. The molecule has 0 amide bonds. The molecule has 1 saturated carbocycles. The lowest BCUT2D eigenvalue weighted by Crippen LogP contribution is -2.36. The van der Waals surface area contributed by atoms with Crippen molar-refractivity contribution >= 4 is 48.7 Å². The summed E-state index contributed by atoms with van der Waals surface area (Å²) in [6, 6.07) is 11.6. The second-order valence-electron chi connectivity index (χ2n) is 13.1. The van der Waals surface area contributed by atoms with Crippen molar-refractivity contribution in [1.29, 1.82) is 5.41 Å². The number of fused-ring (bicyclic) bond motifs is 2. The number of rotatable bonds is 18. The molecule has 0 atom stereocenters. The van der Waals surface area contributed by atoms with Crippen LogP contribution in [-0.2, 0) is 24.9 Å². The van der Waals surface area contributed by atoms with Crippen LogP contribution in [0.4, 0.5) is 5.69 Å². The number of unbranched alkanes of at least 4 members (excludes halogenated alkanes) is 4. The smallest absolute Gasteiger partial charge is 0.336 e. The van der Waals surface area contributed by atoms with Gasteiger partial charge in [0.1, 0.15) is 0 Å². The quantitative estimate of drug-likeness (QED) is 0.0415. The van der Waals surface area contributed by atoms with Gasteiger partial charge in [-0.15, -0.1) is 0 Å². The van der Waals surface area contributed by atoms with Gasteiger partial charge in [0.15, 0.2) is 21.1 Å². The van der Waals surface area contributed by atoms with E-state index in [4.69, 9.17) is 15.6 Å². The molecule has 0 unspecified atom stereocenters. The van der Waals surface area contributed by atoms with Crippen LogP contribution in [0.15, 0.2) is 62.7 Å². The largest absolute Gasteiger partial charge is 0.550 e. The van der Waals surface area contributed by atoms with Crippen LogP contribution < -0.4 is 21.5 Å². The van der Waals surface area contributed by atoms with Crippen molar-refractivity contribution in [3.63, 3.8) is 0 Å². The average Bonchev–Trinajstić information content (AvgIpc) is 3.60. The Labute approximate surface area is 302 Å².